The molecule has 0 bridgehead atoms. The number of nitrogens with two attached hydrogens (primary N) is 1. The second kappa shape index (κ2) is 3.85. The van der Waals surface area contributed by atoms with Crippen molar-refractivity contribution in [3.63, 3.8) is 0 Å². The van der Waals surface area contributed by atoms with Crippen LogP contribution in [0, 0.1) is 0 Å². The van der Waals surface area contributed by atoms with Crippen LogP contribution in [0.25, 0.3) is 0 Å². The van der Waals surface area contributed by atoms with Gasteiger partial charge in [0.2, 0.25) is 5.91 Å². The van der Waals surface area contributed by atoms with Gasteiger partial charge in [-0.2, -0.15) is 0 Å². The van der Waals surface area contributed by atoms with E-state index in [2.05, 4.69) is 15.5 Å². The predicted molar refractivity (Wildman–Crippen MR) is 51.6 cm³/mol. The third kappa shape index (κ3) is 1.97. The second-order valence-corrected chi connectivity index (χ2v) is 3.45. The smallest absolute Gasteiger partial charge is 0.248 e. The van der Waals surface area contributed by atoms with E-state index in [0.29, 0.717) is 6.67 Å². The van der Waals surface area contributed by atoms with Gasteiger partial charge in [-0.1, -0.05) is 0 Å². The van der Waals surface area contributed by atoms with Crippen molar-refractivity contribution >= 4 is 5.91 Å². The second-order valence-electron chi connectivity index (χ2n) is 3.45. The van der Waals surface area contributed by atoms with Crippen molar-refractivity contribution in [3.05, 3.63) is 11.9 Å². The van der Waals surface area contributed by atoms with E-state index in [1.807, 2.05) is 0 Å². The zero-order valence-electron chi connectivity index (χ0n) is 7.99. The summed E-state index contributed by atoms with van der Waals surface area (Å²) in [5.74, 6) is 6.51. The van der Waals surface area contributed by atoms with Crippen molar-refractivity contribution in [3.8, 4) is 0 Å². The summed E-state index contributed by atoms with van der Waals surface area (Å²) in [6, 6.07) is 0. The van der Waals surface area contributed by atoms with E-state index >= 15 is 0 Å². The van der Waals surface area contributed by atoms with Gasteiger partial charge in [-0.05, 0) is 0 Å². The van der Waals surface area contributed by atoms with Crippen molar-refractivity contribution in [1.29, 1.82) is 0 Å². The molecular weight excluding hydrogens is 182 g/mol. The highest BCUT2D eigenvalue weighted by Crippen LogP contribution is 2.06. The monoisotopic (exact) mass is 197 g/mol. The maximum Gasteiger partial charge on any atom is 0.248 e. The molecule has 2 aliphatic heterocycles. The van der Waals surface area contributed by atoms with Gasteiger partial charge >= 0.3 is 0 Å². The topological polar surface area (TPSA) is 73.6 Å². The van der Waals surface area contributed by atoms with Gasteiger partial charge in [0.05, 0.1) is 6.67 Å². The third-order valence-corrected chi connectivity index (χ3v) is 2.45. The number of carbonyl (C=O) groups is 1. The predicted octanol–water partition coefficient (Wildman–Crippen LogP) is -2.00. The molecule has 2 rings (SSSR count). The molecule has 0 unspecified atom stereocenters. The Labute approximate surface area is 82.7 Å². The van der Waals surface area contributed by atoms with Crippen LogP contribution in [0.2, 0.25) is 0 Å². The van der Waals surface area contributed by atoms with E-state index in [-0.39, 0.29) is 5.91 Å². The van der Waals surface area contributed by atoms with E-state index in [9.17, 15) is 4.79 Å². The Morgan fingerprint density at radius 2 is 1.93 bits per heavy atom. The number of nitrogens with one attached hydrogen (secondary N) is 2. The van der Waals surface area contributed by atoms with Gasteiger partial charge in [0.1, 0.15) is 5.82 Å². The molecule has 0 aromatic carbocycles. The standard InChI is InChI=1S/C8H15N5O/c9-13-3-1-12(2-4-13)7-5-8(14)11-6-10-7/h5,10H,1-4,6,9H2,(H,11,14). The highest BCUT2D eigenvalue weighted by molar-refractivity contribution is 5.88. The van der Waals surface area contributed by atoms with Crippen LogP contribution >= 0.6 is 0 Å². The van der Waals surface area contributed by atoms with Crippen LogP contribution in [0.1, 0.15) is 0 Å². The van der Waals surface area contributed by atoms with Crippen LogP contribution in [-0.2, 0) is 4.79 Å². The number of piperazine rings is 1. The lowest BCUT2D eigenvalue weighted by Gasteiger charge is -2.36. The van der Waals surface area contributed by atoms with Crippen molar-refractivity contribution in [2.75, 3.05) is 32.8 Å². The van der Waals surface area contributed by atoms with Crippen LogP contribution < -0.4 is 16.5 Å². The summed E-state index contributed by atoms with van der Waals surface area (Å²) in [6.07, 6.45) is 1.59. The molecule has 2 aliphatic rings. The highest BCUT2D eigenvalue weighted by Gasteiger charge is 2.19. The molecule has 0 radical (unpaired) electrons. The van der Waals surface area contributed by atoms with E-state index in [1.54, 1.807) is 11.1 Å². The van der Waals surface area contributed by atoms with Crippen LogP contribution in [0.3, 0.4) is 0 Å². The molecule has 0 atom stereocenters. The SMILES string of the molecule is NN1CCN(C2=CC(=O)NCN2)CC1. The molecule has 4 N–H and O–H groups in total. The minimum Gasteiger partial charge on any atom is -0.356 e. The highest BCUT2D eigenvalue weighted by atomic mass is 16.1. The van der Waals surface area contributed by atoms with Crippen molar-refractivity contribution in [2.45, 2.75) is 0 Å². The number of amides is 1. The number of carbonyl (C=O) groups excluding carboxylic acids is 1. The number of hydrogen-bond donors (Lipinski definition) is 3. The fourth-order valence-corrected chi connectivity index (χ4v) is 1.61. The summed E-state index contributed by atoms with van der Waals surface area (Å²) < 4.78 is 0. The molecular formula is C8H15N5O. The molecule has 0 aromatic heterocycles. The van der Waals surface area contributed by atoms with Crippen LogP contribution in [-0.4, -0.2) is 48.7 Å². The maximum absolute atomic E-state index is 11.1. The summed E-state index contributed by atoms with van der Waals surface area (Å²) in [5.41, 5.74) is 0. The normalized spacial score (nSPS) is 23.9. The van der Waals surface area contributed by atoms with Crippen molar-refractivity contribution in [2.24, 2.45) is 5.84 Å². The van der Waals surface area contributed by atoms with Gasteiger partial charge in [-0.3, -0.25) is 10.6 Å². The molecule has 78 valence electrons. The van der Waals surface area contributed by atoms with Crippen LogP contribution in [0.4, 0.5) is 0 Å². The van der Waals surface area contributed by atoms with Gasteiger partial charge in [0, 0.05) is 32.3 Å². The molecule has 14 heavy (non-hydrogen) atoms. The minimum atomic E-state index is -0.0334. The van der Waals surface area contributed by atoms with Gasteiger partial charge in [0.15, 0.2) is 0 Å². The Morgan fingerprint density at radius 3 is 2.57 bits per heavy atom. The zero-order chi connectivity index (χ0) is 9.97. The molecule has 0 aromatic rings. The first-order chi connectivity index (χ1) is 6.75. The van der Waals surface area contributed by atoms with Gasteiger partial charge in [-0.15, -0.1) is 0 Å². The molecule has 2 heterocycles. The lowest BCUT2D eigenvalue weighted by Crippen LogP contribution is -2.52. The number of rotatable bonds is 1. The Balaban J connectivity index is 1.97. The Kier molecular flexibility index (Phi) is 2.55. The van der Waals surface area contributed by atoms with Gasteiger partial charge in [-0.25, -0.2) is 5.01 Å². The molecule has 0 spiro atoms. The molecule has 1 fully saturated rings. The van der Waals surface area contributed by atoms with E-state index in [0.717, 1.165) is 32.0 Å². The zero-order valence-corrected chi connectivity index (χ0v) is 7.99. The van der Waals surface area contributed by atoms with E-state index < -0.39 is 0 Å². The first-order valence-electron chi connectivity index (χ1n) is 4.74. The molecule has 0 aliphatic carbocycles. The van der Waals surface area contributed by atoms with Crippen molar-refractivity contribution in [1.82, 2.24) is 20.5 Å². The fourth-order valence-electron chi connectivity index (χ4n) is 1.61. The average Bonchev–Trinajstić information content (AvgIpc) is 2.19. The summed E-state index contributed by atoms with van der Waals surface area (Å²) in [6.45, 7) is 3.90. The first kappa shape index (κ1) is 9.29. The first-order valence-corrected chi connectivity index (χ1v) is 4.74. The molecule has 6 nitrogen and oxygen atoms in total. The molecule has 6 heteroatoms. The Bertz CT molecular complexity index is 256. The molecule has 1 amide bonds. The molecule has 0 saturated carbocycles. The molecule has 1 saturated heterocycles. The van der Waals surface area contributed by atoms with Gasteiger partial charge in [0.25, 0.3) is 0 Å². The quantitative estimate of drug-likeness (QED) is 0.424. The lowest BCUT2D eigenvalue weighted by molar-refractivity contribution is -0.117. The lowest BCUT2D eigenvalue weighted by atomic mass is 10.3. The van der Waals surface area contributed by atoms with Crippen molar-refractivity contribution < 1.29 is 4.79 Å². The summed E-state index contributed by atoms with van der Waals surface area (Å²) >= 11 is 0. The summed E-state index contributed by atoms with van der Waals surface area (Å²) in [4.78, 5) is 13.2. The van der Waals surface area contributed by atoms with E-state index in [4.69, 9.17) is 5.84 Å². The summed E-state index contributed by atoms with van der Waals surface area (Å²) in [7, 11) is 0. The van der Waals surface area contributed by atoms with Gasteiger partial charge < -0.3 is 15.5 Å². The third-order valence-electron chi connectivity index (χ3n) is 2.45. The minimum absolute atomic E-state index is 0.0334. The number of nitrogens with zero attached hydrogens (tertiary/aromatic N) is 2. The largest absolute Gasteiger partial charge is 0.356 e. The Hall–Kier alpha value is -1.27. The average molecular weight is 197 g/mol. The van der Waals surface area contributed by atoms with Crippen LogP contribution in [0.15, 0.2) is 11.9 Å². The van der Waals surface area contributed by atoms with Crippen LogP contribution in [0.5, 0.6) is 0 Å². The summed E-state index contributed by atoms with van der Waals surface area (Å²) in [5, 5.41) is 7.59. The number of hydrazine groups is 1. The number of hydrogen-bond acceptors (Lipinski definition) is 5. The maximum atomic E-state index is 11.1. The fraction of sp³-hybridized carbons (Fsp3) is 0.625. The Morgan fingerprint density at radius 1 is 1.21 bits per heavy atom. The van der Waals surface area contributed by atoms with E-state index in [1.165, 1.54) is 0 Å².